The van der Waals surface area contributed by atoms with Crippen LogP contribution >= 0.6 is 28.3 Å². The Morgan fingerprint density at radius 2 is 2.00 bits per heavy atom. The van der Waals surface area contributed by atoms with E-state index in [1.807, 2.05) is 0 Å². The smallest absolute Gasteiger partial charge is 0.391 e. The number of rotatable bonds is 2. The van der Waals surface area contributed by atoms with E-state index in [-0.39, 0.29) is 30.8 Å². The lowest BCUT2D eigenvalue weighted by Crippen LogP contribution is -2.41. The van der Waals surface area contributed by atoms with Crippen molar-refractivity contribution in [2.24, 2.45) is 5.92 Å². The molecule has 1 saturated carbocycles. The molecule has 2 atom stereocenters. The molecule has 0 aromatic heterocycles. The molecule has 1 aromatic carbocycles. The third-order valence-electron chi connectivity index (χ3n) is 3.73. The Labute approximate surface area is 141 Å². The van der Waals surface area contributed by atoms with Crippen LogP contribution in [0.25, 0.3) is 0 Å². The minimum atomic E-state index is -4.19. The van der Waals surface area contributed by atoms with E-state index in [0.717, 1.165) is 4.47 Å². The third-order valence-corrected chi connectivity index (χ3v) is 4.22. The summed E-state index contributed by atoms with van der Waals surface area (Å²) in [6, 6.07) is 4.36. The topological polar surface area (TPSA) is 55.1 Å². The summed E-state index contributed by atoms with van der Waals surface area (Å²) in [6.45, 7) is 0. The van der Waals surface area contributed by atoms with E-state index in [1.54, 1.807) is 18.2 Å². The van der Waals surface area contributed by atoms with Crippen molar-refractivity contribution in [3.8, 4) is 0 Å². The molecule has 8 heteroatoms. The number of halogens is 5. The number of amides is 1. The van der Waals surface area contributed by atoms with Crippen LogP contribution in [0.1, 0.15) is 36.0 Å². The molecule has 0 radical (unpaired) electrons. The van der Waals surface area contributed by atoms with Crippen LogP contribution in [0.5, 0.6) is 0 Å². The van der Waals surface area contributed by atoms with Gasteiger partial charge in [-0.05, 0) is 37.5 Å². The van der Waals surface area contributed by atoms with Crippen LogP contribution in [0, 0.1) is 5.92 Å². The molecule has 2 unspecified atom stereocenters. The molecule has 1 fully saturated rings. The predicted molar refractivity (Wildman–Crippen MR) is 85.1 cm³/mol. The van der Waals surface area contributed by atoms with Gasteiger partial charge in [-0.2, -0.15) is 13.2 Å². The Hall–Kier alpha value is -0.950. The Morgan fingerprint density at radius 1 is 1.32 bits per heavy atom. The van der Waals surface area contributed by atoms with Gasteiger partial charge in [-0.1, -0.05) is 22.4 Å². The van der Waals surface area contributed by atoms with Crippen LogP contribution in [0.2, 0.25) is 0 Å². The molecule has 3 nitrogen and oxygen atoms in total. The van der Waals surface area contributed by atoms with Crippen molar-refractivity contribution < 1.29 is 18.0 Å². The van der Waals surface area contributed by atoms with Gasteiger partial charge in [-0.15, -0.1) is 12.4 Å². The minimum Gasteiger partial charge on any atom is -0.398 e. The first-order valence-electron chi connectivity index (χ1n) is 6.70. The fourth-order valence-electron chi connectivity index (χ4n) is 2.62. The quantitative estimate of drug-likeness (QED) is 0.726. The summed E-state index contributed by atoms with van der Waals surface area (Å²) >= 11 is 3.24. The number of nitrogens with one attached hydrogen (secondary N) is 1. The molecule has 1 aliphatic carbocycles. The van der Waals surface area contributed by atoms with Crippen molar-refractivity contribution in [1.82, 2.24) is 5.32 Å². The normalized spacial score (nSPS) is 21.8. The van der Waals surface area contributed by atoms with Crippen molar-refractivity contribution in [2.75, 3.05) is 5.73 Å². The highest BCUT2D eigenvalue weighted by Gasteiger charge is 2.42. The van der Waals surface area contributed by atoms with Crippen LogP contribution in [-0.4, -0.2) is 18.1 Å². The maximum Gasteiger partial charge on any atom is 0.391 e. The zero-order chi connectivity index (χ0) is 15.6. The van der Waals surface area contributed by atoms with Gasteiger partial charge in [0.05, 0.1) is 11.5 Å². The van der Waals surface area contributed by atoms with Crippen LogP contribution in [0.4, 0.5) is 18.9 Å². The number of benzene rings is 1. The highest BCUT2D eigenvalue weighted by Crippen LogP contribution is 2.37. The van der Waals surface area contributed by atoms with Gasteiger partial charge in [0.1, 0.15) is 0 Å². The maximum absolute atomic E-state index is 12.7. The molecule has 0 heterocycles. The van der Waals surface area contributed by atoms with E-state index in [9.17, 15) is 18.0 Å². The highest BCUT2D eigenvalue weighted by molar-refractivity contribution is 9.10. The van der Waals surface area contributed by atoms with Gasteiger partial charge < -0.3 is 11.1 Å². The summed E-state index contributed by atoms with van der Waals surface area (Å²) in [5, 5.41) is 2.66. The number of hydrogen-bond acceptors (Lipinski definition) is 2. The minimum absolute atomic E-state index is 0. The molecule has 1 aromatic rings. The number of hydrogen-bond donors (Lipinski definition) is 2. The van der Waals surface area contributed by atoms with Crippen molar-refractivity contribution in [3.63, 3.8) is 0 Å². The molecule has 22 heavy (non-hydrogen) atoms. The molecule has 2 rings (SSSR count). The van der Waals surface area contributed by atoms with Gasteiger partial charge in [0.15, 0.2) is 0 Å². The molecular weight excluding hydrogens is 385 g/mol. The van der Waals surface area contributed by atoms with E-state index in [1.165, 1.54) is 0 Å². The van der Waals surface area contributed by atoms with Crippen molar-refractivity contribution >= 4 is 39.9 Å². The first-order chi connectivity index (χ1) is 9.77. The van der Waals surface area contributed by atoms with Gasteiger partial charge >= 0.3 is 6.18 Å². The summed E-state index contributed by atoms with van der Waals surface area (Å²) in [5.74, 6) is -1.76. The molecule has 0 bridgehead atoms. The van der Waals surface area contributed by atoms with Crippen LogP contribution in [-0.2, 0) is 0 Å². The fourth-order valence-corrected chi connectivity index (χ4v) is 3.00. The van der Waals surface area contributed by atoms with Crippen molar-refractivity contribution in [3.05, 3.63) is 28.2 Å². The zero-order valence-electron chi connectivity index (χ0n) is 11.6. The van der Waals surface area contributed by atoms with E-state index in [2.05, 4.69) is 21.2 Å². The molecule has 0 aliphatic heterocycles. The van der Waals surface area contributed by atoms with Crippen LogP contribution in [0.3, 0.4) is 0 Å². The first-order valence-corrected chi connectivity index (χ1v) is 7.49. The lowest BCUT2D eigenvalue weighted by molar-refractivity contribution is -0.183. The summed E-state index contributed by atoms with van der Waals surface area (Å²) in [6.07, 6.45) is -3.10. The summed E-state index contributed by atoms with van der Waals surface area (Å²) in [5.41, 5.74) is 6.33. The predicted octanol–water partition coefficient (Wildman–Crippen LogP) is 4.30. The first kappa shape index (κ1) is 19.1. The number of nitrogen functional groups attached to an aromatic ring is 1. The average Bonchev–Trinajstić information content (AvgIpc) is 2.37. The maximum atomic E-state index is 12.7. The Bertz CT molecular complexity index is 539. The molecular formula is C14H17BrClF3N2O. The van der Waals surface area contributed by atoms with E-state index >= 15 is 0 Å². The number of alkyl halides is 3. The summed E-state index contributed by atoms with van der Waals surface area (Å²) < 4.78 is 39.0. The van der Waals surface area contributed by atoms with Crippen LogP contribution < -0.4 is 11.1 Å². The second kappa shape index (κ2) is 7.55. The molecule has 124 valence electrons. The molecule has 1 amide bonds. The number of carbonyl (C=O) groups excluding carboxylic acids is 1. The van der Waals surface area contributed by atoms with E-state index in [0.29, 0.717) is 18.5 Å². The SMILES string of the molecule is Cl.Nc1cc(Br)ccc1C(=O)NC1CCCC(C(F)(F)F)C1. The van der Waals surface area contributed by atoms with Gasteiger partial charge in [-0.3, -0.25) is 4.79 Å². The largest absolute Gasteiger partial charge is 0.398 e. The molecule has 0 saturated heterocycles. The van der Waals surface area contributed by atoms with Gasteiger partial charge in [0.2, 0.25) is 0 Å². The Balaban J connectivity index is 0.00000242. The second-order valence-electron chi connectivity index (χ2n) is 5.31. The molecule has 1 aliphatic rings. The summed E-state index contributed by atoms with van der Waals surface area (Å²) in [7, 11) is 0. The third kappa shape index (κ3) is 4.78. The second-order valence-corrected chi connectivity index (χ2v) is 6.22. The van der Waals surface area contributed by atoms with E-state index in [4.69, 9.17) is 5.73 Å². The van der Waals surface area contributed by atoms with Crippen molar-refractivity contribution in [2.45, 2.75) is 37.9 Å². The van der Waals surface area contributed by atoms with Gasteiger partial charge in [0, 0.05) is 16.2 Å². The van der Waals surface area contributed by atoms with Gasteiger partial charge in [0.25, 0.3) is 5.91 Å². The standard InChI is InChI=1S/C14H16BrF3N2O.ClH/c15-9-4-5-11(12(19)7-9)13(21)20-10-3-1-2-8(6-10)14(16,17)18;/h4-5,7-8,10H,1-3,6,19H2,(H,20,21);1H. The summed E-state index contributed by atoms with van der Waals surface area (Å²) in [4.78, 5) is 12.1. The zero-order valence-corrected chi connectivity index (χ0v) is 14.0. The Kier molecular flexibility index (Phi) is 6.55. The van der Waals surface area contributed by atoms with Gasteiger partial charge in [-0.25, -0.2) is 0 Å². The van der Waals surface area contributed by atoms with E-state index < -0.39 is 24.0 Å². The highest BCUT2D eigenvalue weighted by atomic mass is 79.9. The van der Waals surface area contributed by atoms with Crippen LogP contribution in [0.15, 0.2) is 22.7 Å². The molecule has 0 spiro atoms. The number of nitrogens with two attached hydrogens (primary N) is 1. The monoisotopic (exact) mass is 400 g/mol. The molecule has 3 N–H and O–H groups in total. The average molecular weight is 402 g/mol. The number of carbonyl (C=O) groups is 1. The number of anilines is 1. The lowest BCUT2D eigenvalue weighted by atomic mass is 9.85. The Morgan fingerprint density at radius 3 is 2.59 bits per heavy atom. The van der Waals surface area contributed by atoms with Crippen molar-refractivity contribution in [1.29, 1.82) is 0 Å². The fraction of sp³-hybridized carbons (Fsp3) is 0.500. The lowest BCUT2D eigenvalue weighted by Gasteiger charge is -2.31.